The minimum Gasteiger partial charge on any atom is -0.400 e. The van der Waals surface area contributed by atoms with Crippen molar-refractivity contribution >= 4 is 37.0 Å². The smallest absolute Gasteiger partial charge is 0.0624 e. The Bertz CT molecular complexity index is 593. The van der Waals surface area contributed by atoms with E-state index in [1.807, 2.05) is 0 Å². The molecule has 0 amide bonds. The number of rotatable bonds is 0. The molecule has 4 aliphatic rings. The topological polar surface area (TPSA) is 156 Å². The second-order valence-corrected chi connectivity index (χ2v) is 9.00. The monoisotopic (exact) mass is 376 g/mol. The van der Waals surface area contributed by atoms with Crippen LogP contribution in [0.25, 0.3) is 0 Å². The highest BCUT2D eigenvalue weighted by molar-refractivity contribution is 7.32. The zero-order chi connectivity index (χ0) is 16.8. The summed E-state index contributed by atoms with van der Waals surface area (Å²) < 4.78 is 0. The second kappa shape index (κ2) is 4.79. The molecule has 0 aromatic heterocycles. The quantitative estimate of drug-likeness (QED) is 0.279. The van der Waals surface area contributed by atoms with Crippen molar-refractivity contribution in [2.75, 3.05) is 0 Å². The Hall–Kier alpha value is 0.0600. The molecule has 122 valence electrons. The average Bonchev–Trinajstić information content (AvgIpc) is 2.47. The Morgan fingerprint density at radius 3 is 1.09 bits per heavy atom. The van der Waals surface area contributed by atoms with E-state index in [9.17, 15) is 0 Å². The maximum absolute atomic E-state index is 6.92. The van der Waals surface area contributed by atoms with Crippen LogP contribution in [-0.4, -0.2) is 22.4 Å². The Morgan fingerprint density at radius 1 is 0.636 bits per heavy atom. The average molecular weight is 376 g/mol. The van der Waals surface area contributed by atoms with Gasteiger partial charge in [-0.25, -0.2) is 0 Å². The molecule has 8 unspecified atom stereocenters. The van der Waals surface area contributed by atoms with Crippen LogP contribution in [0.3, 0.4) is 0 Å². The lowest BCUT2D eigenvalue weighted by atomic mass is 9.49. The lowest BCUT2D eigenvalue weighted by Gasteiger charge is -2.67. The van der Waals surface area contributed by atoms with Gasteiger partial charge in [-0.3, -0.25) is 0 Å². The summed E-state index contributed by atoms with van der Waals surface area (Å²) in [4.78, 5) is 0. The molecule has 0 spiro atoms. The zero-order valence-electron chi connectivity index (χ0n) is 12.1. The van der Waals surface area contributed by atoms with Gasteiger partial charge in [-0.1, -0.05) is 0 Å². The van der Waals surface area contributed by atoms with Crippen molar-refractivity contribution in [3.8, 4) is 0 Å². The molecule has 6 nitrogen and oxygen atoms in total. The van der Waals surface area contributed by atoms with Gasteiger partial charge < -0.3 is 34.4 Å². The van der Waals surface area contributed by atoms with E-state index in [4.69, 9.17) is 34.4 Å². The Balaban J connectivity index is 2.40. The normalized spacial score (nSPS) is 48.1. The van der Waals surface area contributed by atoms with Gasteiger partial charge in [0.2, 0.25) is 0 Å². The van der Waals surface area contributed by atoms with E-state index in [0.29, 0.717) is 22.8 Å². The van der Waals surface area contributed by atoms with E-state index < -0.39 is 22.9 Å². The fourth-order valence-corrected chi connectivity index (χ4v) is 6.95. The van der Waals surface area contributed by atoms with Gasteiger partial charge in [0.1, 0.15) is 0 Å². The van der Waals surface area contributed by atoms with Crippen LogP contribution in [-0.2, 0) is 0 Å². The minimum atomic E-state index is -0.883. The first kappa shape index (κ1) is 16.9. The summed E-state index contributed by atoms with van der Waals surface area (Å²) in [7, 11) is 11.1. The molecule has 12 N–H and O–H groups in total. The van der Waals surface area contributed by atoms with Gasteiger partial charge in [0.15, 0.2) is 0 Å². The highest BCUT2D eigenvalue weighted by Crippen LogP contribution is 2.62. The standard InChI is InChI=1S/C12H24N6P4/c13-3-1-4(14)6(16)2(5(3)15)12(18)10(22)8(20)7(19)9(21)11(1,12)17/h1-2,9-10H,13-22H2. The van der Waals surface area contributed by atoms with Crippen molar-refractivity contribution in [1.29, 1.82) is 0 Å². The van der Waals surface area contributed by atoms with Crippen LogP contribution < -0.4 is 34.4 Å². The third-order valence-corrected chi connectivity index (χ3v) is 9.96. The summed E-state index contributed by atoms with van der Waals surface area (Å²) in [5.41, 5.74) is 38.9. The van der Waals surface area contributed by atoms with Crippen LogP contribution in [0.5, 0.6) is 0 Å². The number of hydrogen-bond acceptors (Lipinski definition) is 6. The maximum atomic E-state index is 6.92. The third kappa shape index (κ3) is 1.53. The van der Waals surface area contributed by atoms with Crippen molar-refractivity contribution < 1.29 is 0 Å². The molecule has 0 saturated carbocycles. The molecule has 0 radical (unpaired) electrons. The van der Waals surface area contributed by atoms with E-state index in [-0.39, 0.29) is 11.3 Å². The Kier molecular flexibility index (Phi) is 3.68. The molecule has 0 aromatic carbocycles. The summed E-state index contributed by atoms with van der Waals surface area (Å²) in [6, 6.07) is 0. The third-order valence-electron chi connectivity index (χ3n) is 5.65. The maximum Gasteiger partial charge on any atom is 0.0624 e. The highest BCUT2D eigenvalue weighted by atomic mass is 31.0. The van der Waals surface area contributed by atoms with Gasteiger partial charge in [0.25, 0.3) is 0 Å². The SMILES string of the molecule is NC1=C(N)C2C(N)=C(N)C1C1(N)C(P)C(P)=C(P)C(P)C21N. The predicted molar refractivity (Wildman–Crippen MR) is 105 cm³/mol. The summed E-state index contributed by atoms with van der Waals surface area (Å²) >= 11 is 0. The van der Waals surface area contributed by atoms with Crippen molar-refractivity contribution in [3.05, 3.63) is 33.4 Å². The summed E-state index contributed by atoms with van der Waals surface area (Å²) in [6.45, 7) is 0. The van der Waals surface area contributed by atoms with E-state index in [1.165, 1.54) is 0 Å². The van der Waals surface area contributed by atoms with Crippen molar-refractivity contribution in [2.45, 2.75) is 22.4 Å². The summed E-state index contributed by atoms with van der Waals surface area (Å²) in [5.74, 6) is -0.941. The van der Waals surface area contributed by atoms with Crippen molar-refractivity contribution in [1.82, 2.24) is 0 Å². The van der Waals surface area contributed by atoms with Crippen LogP contribution in [0.15, 0.2) is 33.4 Å². The molecule has 0 aromatic rings. The molecule has 4 aliphatic carbocycles. The fourth-order valence-electron chi connectivity index (χ4n) is 4.30. The lowest BCUT2D eigenvalue weighted by molar-refractivity contribution is 0.100. The molecule has 0 saturated heterocycles. The molecule has 4 rings (SSSR count). The Labute approximate surface area is 139 Å². The Morgan fingerprint density at radius 2 is 0.864 bits per heavy atom. The van der Waals surface area contributed by atoms with E-state index in [1.54, 1.807) is 0 Å². The minimum absolute atomic E-state index is 0.113. The van der Waals surface area contributed by atoms with Gasteiger partial charge in [-0.2, -0.15) is 0 Å². The fraction of sp³-hybridized carbons (Fsp3) is 0.500. The molecule has 0 aliphatic heterocycles. The van der Waals surface area contributed by atoms with Crippen LogP contribution in [0, 0.1) is 11.8 Å². The largest absolute Gasteiger partial charge is 0.400 e. The first-order valence-electron chi connectivity index (χ1n) is 6.86. The zero-order valence-corrected chi connectivity index (χ0v) is 16.7. The predicted octanol–water partition coefficient (Wildman–Crippen LogP) is -1.64. The van der Waals surface area contributed by atoms with E-state index in [0.717, 1.165) is 10.6 Å². The van der Waals surface area contributed by atoms with Crippen molar-refractivity contribution in [2.24, 2.45) is 46.2 Å². The number of nitrogens with two attached hydrogens (primary N) is 6. The first-order chi connectivity index (χ1) is 10.0. The molecule has 0 heterocycles. The van der Waals surface area contributed by atoms with Gasteiger partial charge in [-0.05, 0) is 10.6 Å². The molecule has 10 heteroatoms. The van der Waals surface area contributed by atoms with Crippen LogP contribution in [0.1, 0.15) is 0 Å². The van der Waals surface area contributed by atoms with Crippen molar-refractivity contribution in [3.63, 3.8) is 0 Å². The summed E-state index contributed by atoms with van der Waals surface area (Å²) in [6.07, 6.45) is 0. The van der Waals surface area contributed by atoms with E-state index in [2.05, 4.69) is 37.0 Å². The lowest BCUT2D eigenvalue weighted by Crippen LogP contribution is -2.86. The van der Waals surface area contributed by atoms with Gasteiger partial charge in [0.05, 0.1) is 22.9 Å². The van der Waals surface area contributed by atoms with Gasteiger partial charge in [0, 0.05) is 34.1 Å². The van der Waals surface area contributed by atoms with Gasteiger partial charge >= 0.3 is 0 Å². The molecular formula is C12H24N6P4. The molecule has 22 heavy (non-hydrogen) atoms. The van der Waals surface area contributed by atoms with Crippen LogP contribution >= 0.6 is 37.0 Å². The molecular weight excluding hydrogens is 352 g/mol. The first-order valence-corrected chi connectivity index (χ1v) is 9.35. The number of hydrogen-bond donors (Lipinski definition) is 6. The van der Waals surface area contributed by atoms with Gasteiger partial charge in [-0.15, -0.1) is 37.0 Å². The molecule has 2 bridgehead atoms. The van der Waals surface area contributed by atoms with Crippen LogP contribution in [0.4, 0.5) is 0 Å². The van der Waals surface area contributed by atoms with E-state index >= 15 is 0 Å². The molecule has 8 atom stereocenters. The van der Waals surface area contributed by atoms with Crippen LogP contribution in [0.2, 0.25) is 0 Å². The highest BCUT2D eigenvalue weighted by Gasteiger charge is 2.70. The summed E-state index contributed by atoms with van der Waals surface area (Å²) in [5, 5.41) is 2.15. The second-order valence-electron chi connectivity index (χ2n) is 6.42. The molecule has 0 fully saturated rings.